The van der Waals surface area contributed by atoms with Crippen LogP contribution < -0.4 is 5.32 Å². The van der Waals surface area contributed by atoms with Gasteiger partial charge in [-0.05, 0) is 31.9 Å². The first-order valence-corrected chi connectivity index (χ1v) is 12.8. The van der Waals surface area contributed by atoms with Gasteiger partial charge in [-0.1, -0.05) is 36.4 Å². The van der Waals surface area contributed by atoms with Crippen LogP contribution >= 0.6 is 0 Å². The van der Waals surface area contributed by atoms with E-state index in [1.54, 1.807) is 31.2 Å². The maximum Gasteiger partial charge on any atom is 0.409 e. The van der Waals surface area contributed by atoms with Crippen molar-refractivity contribution in [2.45, 2.75) is 32.2 Å². The molecule has 39 heavy (non-hydrogen) atoms. The van der Waals surface area contributed by atoms with Crippen molar-refractivity contribution in [1.29, 1.82) is 0 Å². The molecule has 12 nitrogen and oxygen atoms in total. The van der Waals surface area contributed by atoms with E-state index in [-0.39, 0.29) is 57.9 Å². The van der Waals surface area contributed by atoms with E-state index in [4.69, 9.17) is 9.84 Å². The van der Waals surface area contributed by atoms with Crippen molar-refractivity contribution in [2.24, 2.45) is 0 Å². The summed E-state index contributed by atoms with van der Waals surface area (Å²) in [5, 5.41) is 21.0. The van der Waals surface area contributed by atoms with Crippen molar-refractivity contribution in [3.8, 4) is 11.4 Å². The summed E-state index contributed by atoms with van der Waals surface area (Å²) in [4.78, 5) is 61.8. The molecule has 0 spiro atoms. The SMILES string of the molecule is CCOC(=O)N1CCN(C(=O)[C@H](CCC(=O)O)NC(=O)c2cc(/C=C/CCO)nc(-c3ccccc3)n2)CC1. The molecule has 1 saturated heterocycles. The molecule has 1 aromatic heterocycles. The average molecular weight is 540 g/mol. The van der Waals surface area contributed by atoms with Crippen LogP contribution in [0.2, 0.25) is 0 Å². The summed E-state index contributed by atoms with van der Waals surface area (Å²) in [5.41, 5.74) is 1.13. The molecule has 3 amide bonds. The lowest BCUT2D eigenvalue weighted by Crippen LogP contribution is -2.56. The minimum atomic E-state index is -1.11. The topological polar surface area (TPSA) is 162 Å². The lowest BCUT2D eigenvalue weighted by atomic mass is 10.1. The van der Waals surface area contributed by atoms with E-state index in [9.17, 15) is 24.3 Å². The number of aliphatic hydroxyl groups excluding tert-OH is 1. The normalized spacial score (nSPS) is 14.2. The largest absolute Gasteiger partial charge is 0.481 e. The van der Waals surface area contributed by atoms with E-state index in [0.717, 1.165) is 0 Å². The number of hydrogen-bond acceptors (Lipinski definition) is 8. The fourth-order valence-electron chi connectivity index (χ4n) is 3.96. The molecule has 0 bridgehead atoms. The smallest absolute Gasteiger partial charge is 0.409 e. The number of amides is 3. The number of aliphatic carboxylic acids is 1. The molecular formula is C27H33N5O7. The van der Waals surface area contributed by atoms with Crippen LogP contribution in [0, 0.1) is 0 Å². The van der Waals surface area contributed by atoms with Crippen molar-refractivity contribution in [3.63, 3.8) is 0 Å². The number of carbonyl (C=O) groups is 4. The molecule has 0 unspecified atom stereocenters. The van der Waals surface area contributed by atoms with Gasteiger partial charge < -0.3 is 30.1 Å². The molecule has 0 aliphatic carbocycles. The molecule has 0 saturated carbocycles. The van der Waals surface area contributed by atoms with Gasteiger partial charge in [0.2, 0.25) is 5.91 Å². The molecule has 1 fully saturated rings. The van der Waals surface area contributed by atoms with Crippen LogP contribution in [-0.4, -0.2) is 99.3 Å². The minimum Gasteiger partial charge on any atom is -0.481 e. The first kappa shape index (κ1) is 29.2. The van der Waals surface area contributed by atoms with E-state index in [2.05, 4.69) is 15.3 Å². The van der Waals surface area contributed by atoms with Crippen LogP contribution in [0.1, 0.15) is 42.4 Å². The second-order valence-corrected chi connectivity index (χ2v) is 8.75. The minimum absolute atomic E-state index is 0.00718. The maximum absolute atomic E-state index is 13.3. The number of carboxylic acid groups (broad SMARTS) is 1. The summed E-state index contributed by atoms with van der Waals surface area (Å²) in [5.74, 6) is -1.89. The third kappa shape index (κ3) is 8.60. The quantitative estimate of drug-likeness (QED) is 0.386. The Morgan fingerprint density at radius 3 is 2.41 bits per heavy atom. The van der Waals surface area contributed by atoms with Crippen molar-refractivity contribution in [2.75, 3.05) is 39.4 Å². The number of carboxylic acids is 1. The Labute approximate surface area is 226 Å². The molecule has 0 radical (unpaired) electrons. The Kier molecular flexibility index (Phi) is 10.9. The zero-order valence-electron chi connectivity index (χ0n) is 21.8. The van der Waals surface area contributed by atoms with Crippen molar-refractivity contribution < 1.29 is 34.1 Å². The van der Waals surface area contributed by atoms with Gasteiger partial charge in [-0.3, -0.25) is 14.4 Å². The van der Waals surface area contributed by atoms with E-state index in [1.807, 2.05) is 18.2 Å². The molecular weight excluding hydrogens is 506 g/mol. The number of aromatic nitrogens is 2. The molecule has 1 aliphatic heterocycles. The highest BCUT2D eigenvalue weighted by molar-refractivity contribution is 5.97. The van der Waals surface area contributed by atoms with E-state index < -0.39 is 29.9 Å². The van der Waals surface area contributed by atoms with Crippen molar-refractivity contribution >= 4 is 30.0 Å². The van der Waals surface area contributed by atoms with Crippen molar-refractivity contribution in [3.05, 3.63) is 53.9 Å². The third-order valence-electron chi connectivity index (χ3n) is 5.96. The molecule has 3 N–H and O–H groups in total. The predicted molar refractivity (Wildman–Crippen MR) is 142 cm³/mol. The van der Waals surface area contributed by atoms with E-state index in [1.165, 1.54) is 15.9 Å². The molecule has 2 heterocycles. The number of nitrogens with one attached hydrogen (secondary N) is 1. The summed E-state index contributed by atoms with van der Waals surface area (Å²) >= 11 is 0. The van der Waals surface area contributed by atoms with Crippen LogP contribution in [0.25, 0.3) is 17.5 Å². The van der Waals surface area contributed by atoms with Crippen molar-refractivity contribution in [1.82, 2.24) is 25.1 Å². The van der Waals surface area contributed by atoms with Gasteiger partial charge in [0.1, 0.15) is 11.7 Å². The van der Waals surface area contributed by atoms with Gasteiger partial charge >= 0.3 is 12.1 Å². The number of benzene rings is 1. The summed E-state index contributed by atoms with van der Waals surface area (Å²) < 4.78 is 5.01. The molecule has 3 rings (SSSR count). The Morgan fingerprint density at radius 2 is 1.77 bits per heavy atom. The monoisotopic (exact) mass is 539 g/mol. The summed E-state index contributed by atoms with van der Waals surface area (Å²) in [7, 11) is 0. The molecule has 2 aromatic rings. The van der Waals surface area contributed by atoms with Crippen LogP contribution in [0.4, 0.5) is 4.79 Å². The number of carbonyl (C=O) groups excluding carboxylic acids is 3. The van der Waals surface area contributed by atoms with Crippen LogP contribution in [0.5, 0.6) is 0 Å². The highest BCUT2D eigenvalue weighted by Gasteiger charge is 2.31. The Hall–Kier alpha value is -4.32. The number of aliphatic hydroxyl groups is 1. The number of rotatable bonds is 11. The Balaban J connectivity index is 1.81. The summed E-state index contributed by atoms with van der Waals surface area (Å²) in [6, 6.07) is 9.43. The van der Waals surface area contributed by atoms with Gasteiger partial charge in [0.25, 0.3) is 5.91 Å². The number of hydrogen-bond donors (Lipinski definition) is 3. The fraction of sp³-hybridized carbons (Fsp3) is 0.407. The first-order chi connectivity index (χ1) is 18.8. The van der Waals surface area contributed by atoms with Gasteiger partial charge in [-0.15, -0.1) is 0 Å². The van der Waals surface area contributed by atoms with Gasteiger partial charge in [0.15, 0.2) is 5.82 Å². The number of piperazine rings is 1. The van der Waals surface area contributed by atoms with E-state index >= 15 is 0 Å². The first-order valence-electron chi connectivity index (χ1n) is 12.8. The Bertz CT molecular complexity index is 1180. The fourth-order valence-corrected chi connectivity index (χ4v) is 3.96. The molecule has 208 valence electrons. The average Bonchev–Trinajstić information content (AvgIpc) is 2.95. The lowest BCUT2D eigenvalue weighted by molar-refractivity contribution is -0.138. The van der Waals surface area contributed by atoms with Crippen LogP contribution in [0.3, 0.4) is 0 Å². The number of nitrogens with zero attached hydrogens (tertiary/aromatic N) is 4. The number of ether oxygens (including phenoxy) is 1. The zero-order chi connectivity index (χ0) is 28.2. The van der Waals surface area contributed by atoms with Gasteiger partial charge in [-0.2, -0.15) is 0 Å². The summed E-state index contributed by atoms with van der Waals surface area (Å²) in [6.45, 7) is 2.89. The zero-order valence-corrected chi connectivity index (χ0v) is 21.8. The highest BCUT2D eigenvalue weighted by Crippen LogP contribution is 2.17. The van der Waals surface area contributed by atoms with Gasteiger partial charge in [-0.25, -0.2) is 14.8 Å². The standard InChI is InChI=1S/C27H33N5O7/c1-2-39-27(38)32-15-13-31(14-16-32)26(37)21(11-12-23(34)35)30-25(36)22-18-20(10-6-7-17-33)28-24(29-22)19-8-4-3-5-9-19/h3-6,8-10,18,21,33H,2,7,11-17H2,1H3,(H,30,36)(H,34,35)/b10-6+/t21-/m0/s1. The molecule has 1 aliphatic rings. The van der Waals surface area contributed by atoms with Crippen LogP contribution in [-0.2, 0) is 14.3 Å². The molecule has 12 heteroatoms. The molecule has 1 aromatic carbocycles. The maximum atomic E-state index is 13.3. The lowest BCUT2D eigenvalue weighted by Gasteiger charge is -2.35. The second-order valence-electron chi connectivity index (χ2n) is 8.75. The predicted octanol–water partition coefficient (Wildman–Crippen LogP) is 1.80. The Morgan fingerprint density at radius 1 is 1.08 bits per heavy atom. The highest BCUT2D eigenvalue weighted by atomic mass is 16.6. The van der Waals surface area contributed by atoms with E-state index in [0.29, 0.717) is 23.5 Å². The molecule has 1 atom stereocenters. The van der Waals surface area contributed by atoms with Gasteiger partial charge in [0.05, 0.1) is 12.3 Å². The van der Waals surface area contributed by atoms with Gasteiger partial charge in [0, 0.05) is 44.8 Å². The second kappa shape index (κ2) is 14.6. The van der Waals surface area contributed by atoms with Crippen LogP contribution in [0.15, 0.2) is 42.5 Å². The summed E-state index contributed by atoms with van der Waals surface area (Å²) in [6.07, 6.45) is 2.89. The third-order valence-corrected chi connectivity index (χ3v) is 5.96.